The van der Waals surface area contributed by atoms with Crippen molar-refractivity contribution in [1.29, 1.82) is 0 Å². The zero-order chi connectivity index (χ0) is 16.1. The highest BCUT2D eigenvalue weighted by Crippen LogP contribution is 2.19. The molecule has 0 aromatic heterocycles. The van der Waals surface area contributed by atoms with Crippen molar-refractivity contribution in [2.24, 2.45) is 0 Å². The standard InChI is InChI=1S/C15H16N2O3S2/c1-10-2-4-11(5-3-10)16-12(18)8-9-22-15(21)17-13(19)6-7-14(17)20/h2-5H,6-9H2,1H3,(H,16,18). The van der Waals surface area contributed by atoms with Gasteiger partial charge in [0.1, 0.15) is 4.32 Å². The Morgan fingerprint density at radius 3 is 2.41 bits per heavy atom. The maximum Gasteiger partial charge on any atom is 0.235 e. The summed E-state index contributed by atoms with van der Waals surface area (Å²) in [6.07, 6.45) is 0.690. The first-order chi connectivity index (χ1) is 10.5. The molecule has 1 fully saturated rings. The van der Waals surface area contributed by atoms with Crippen LogP contribution < -0.4 is 5.32 Å². The Morgan fingerprint density at radius 1 is 1.23 bits per heavy atom. The maximum absolute atomic E-state index is 11.8. The lowest BCUT2D eigenvalue weighted by Crippen LogP contribution is -2.32. The molecule has 22 heavy (non-hydrogen) atoms. The minimum Gasteiger partial charge on any atom is -0.326 e. The van der Waals surface area contributed by atoms with Gasteiger partial charge < -0.3 is 5.32 Å². The first-order valence-electron chi connectivity index (χ1n) is 6.86. The summed E-state index contributed by atoms with van der Waals surface area (Å²) < 4.78 is 0.232. The molecule has 1 aliphatic heterocycles. The lowest BCUT2D eigenvalue weighted by molar-refractivity contribution is -0.133. The minimum absolute atomic E-state index is 0.127. The van der Waals surface area contributed by atoms with Gasteiger partial charge in [0, 0.05) is 30.7 Å². The highest BCUT2D eigenvalue weighted by Gasteiger charge is 2.32. The largest absolute Gasteiger partial charge is 0.326 e. The zero-order valence-electron chi connectivity index (χ0n) is 12.1. The molecule has 0 radical (unpaired) electrons. The number of thiocarbonyl (C=S) groups is 1. The van der Waals surface area contributed by atoms with Crippen molar-refractivity contribution in [3.8, 4) is 0 Å². The van der Waals surface area contributed by atoms with E-state index in [0.717, 1.165) is 16.2 Å². The number of anilines is 1. The third-order valence-electron chi connectivity index (χ3n) is 3.12. The van der Waals surface area contributed by atoms with E-state index in [1.165, 1.54) is 11.8 Å². The Bertz CT molecular complexity index is 598. The molecule has 5 nitrogen and oxygen atoms in total. The van der Waals surface area contributed by atoms with Crippen LogP contribution >= 0.6 is 24.0 Å². The Morgan fingerprint density at radius 2 is 1.82 bits per heavy atom. The van der Waals surface area contributed by atoms with Gasteiger partial charge in [-0.1, -0.05) is 41.7 Å². The van der Waals surface area contributed by atoms with Crippen LogP contribution in [0.15, 0.2) is 24.3 Å². The number of hydrogen-bond acceptors (Lipinski definition) is 5. The number of nitrogens with one attached hydrogen (secondary N) is 1. The van der Waals surface area contributed by atoms with E-state index in [1.807, 2.05) is 31.2 Å². The molecule has 1 saturated heterocycles. The average Bonchev–Trinajstić information content (AvgIpc) is 2.80. The molecule has 7 heteroatoms. The number of carbonyl (C=O) groups excluding carboxylic acids is 3. The molecule has 1 N–H and O–H groups in total. The van der Waals surface area contributed by atoms with Crippen LogP contribution in [0.5, 0.6) is 0 Å². The fourth-order valence-corrected chi connectivity index (χ4v) is 3.18. The normalized spacial score (nSPS) is 14.3. The number of carbonyl (C=O) groups is 3. The molecular formula is C15H16N2O3S2. The number of benzene rings is 1. The first-order valence-corrected chi connectivity index (χ1v) is 8.26. The third-order valence-corrected chi connectivity index (χ3v) is 4.50. The molecule has 0 saturated carbocycles. The third kappa shape index (κ3) is 4.38. The summed E-state index contributed by atoms with van der Waals surface area (Å²) in [5, 5.41) is 2.79. The molecule has 0 aliphatic carbocycles. The average molecular weight is 336 g/mol. The van der Waals surface area contributed by atoms with E-state index in [-0.39, 0.29) is 41.3 Å². The van der Waals surface area contributed by atoms with E-state index in [1.54, 1.807) is 0 Å². The number of likely N-dealkylation sites (tertiary alicyclic amines) is 1. The van der Waals surface area contributed by atoms with Crippen LogP contribution in [-0.4, -0.2) is 32.7 Å². The number of thioether (sulfide) groups is 1. The molecule has 0 unspecified atom stereocenters. The fraction of sp³-hybridized carbons (Fsp3) is 0.333. The second-order valence-corrected chi connectivity index (χ2v) is 6.63. The van der Waals surface area contributed by atoms with Crippen LogP contribution in [0.4, 0.5) is 5.69 Å². The van der Waals surface area contributed by atoms with Crippen LogP contribution in [-0.2, 0) is 14.4 Å². The Kier molecular flexibility index (Phi) is 5.68. The van der Waals surface area contributed by atoms with Crippen molar-refractivity contribution < 1.29 is 14.4 Å². The maximum atomic E-state index is 11.8. The van der Waals surface area contributed by atoms with Crippen molar-refractivity contribution in [2.45, 2.75) is 26.2 Å². The van der Waals surface area contributed by atoms with E-state index in [2.05, 4.69) is 5.32 Å². The molecule has 1 heterocycles. The lowest BCUT2D eigenvalue weighted by Gasteiger charge is -2.13. The predicted molar refractivity (Wildman–Crippen MR) is 90.6 cm³/mol. The molecule has 0 atom stereocenters. The topological polar surface area (TPSA) is 66.5 Å². The summed E-state index contributed by atoms with van der Waals surface area (Å²) in [6, 6.07) is 7.52. The molecule has 0 bridgehead atoms. The van der Waals surface area contributed by atoms with Gasteiger partial charge in [0.15, 0.2) is 0 Å². The summed E-state index contributed by atoms with van der Waals surface area (Å²) in [5.74, 6) is -0.218. The smallest absolute Gasteiger partial charge is 0.235 e. The van der Waals surface area contributed by atoms with Gasteiger partial charge in [-0.2, -0.15) is 0 Å². The highest BCUT2D eigenvalue weighted by molar-refractivity contribution is 8.23. The van der Waals surface area contributed by atoms with Crippen LogP contribution in [0.1, 0.15) is 24.8 Å². The van der Waals surface area contributed by atoms with Crippen molar-refractivity contribution in [2.75, 3.05) is 11.1 Å². The van der Waals surface area contributed by atoms with Crippen LogP contribution in [0, 0.1) is 6.92 Å². The molecule has 1 aromatic rings. The number of nitrogens with zero attached hydrogens (tertiary/aromatic N) is 1. The lowest BCUT2D eigenvalue weighted by atomic mass is 10.2. The zero-order valence-corrected chi connectivity index (χ0v) is 13.8. The van der Waals surface area contributed by atoms with Crippen molar-refractivity contribution in [3.05, 3.63) is 29.8 Å². The molecule has 116 valence electrons. The van der Waals surface area contributed by atoms with Crippen LogP contribution in [0.25, 0.3) is 0 Å². The number of rotatable bonds is 4. The van der Waals surface area contributed by atoms with E-state index < -0.39 is 0 Å². The van der Waals surface area contributed by atoms with Gasteiger partial charge in [0.05, 0.1) is 0 Å². The van der Waals surface area contributed by atoms with Gasteiger partial charge in [-0.3, -0.25) is 14.4 Å². The summed E-state index contributed by atoms with van der Waals surface area (Å²) in [6.45, 7) is 1.98. The first kappa shape index (κ1) is 16.6. The number of amides is 3. The number of hydrogen-bond donors (Lipinski definition) is 1. The van der Waals surface area contributed by atoms with Gasteiger partial charge in [-0.25, -0.2) is 4.90 Å². The molecule has 0 spiro atoms. The Balaban J connectivity index is 1.75. The van der Waals surface area contributed by atoms with Crippen molar-refractivity contribution in [1.82, 2.24) is 4.90 Å². The second kappa shape index (κ2) is 7.51. The van der Waals surface area contributed by atoms with Gasteiger partial charge in [-0.15, -0.1) is 0 Å². The van der Waals surface area contributed by atoms with Gasteiger partial charge in [-0.05, 0) is 19.1 Å². The van der Waals surface area contributed by atoms with Crippen LogP contribution in [0.2, 0.25) is 0 Å². The fourth-order valence-electron chi connectivity index (χ4n) is 1.94. The van der Waals surface area contributed by atoms with Gasteiger partial charge in [0.25, 0.3) is 0 Å². The molecular weight excluding hydrogens is 320 g/mol. The Labute approximate surface area is 138 Å². The number of imide groups is 1. The summed E-state index contributed by atoms with van der Waals surface area (Å²) in [4.78, 5) is 35.9. The molecule has 1 aromatic carbocycles. The number of aryl methyl sites for hydroxylation is 1. The van der Waals surface area contributed by atoms with Crippen molar-refractivity contribution >= 4 is 51.7 Å². The second-order valence-electron chi connectivity index (χ2n) is 4.90. The SMILES string of the molecule is Cc1ccc(NC(=O)CCSC(=S)N2C(=O)CCC2=O)cc1. The van der Waals surface area contributed by atoms with Crippen molar-refractivity contribution in [3.63, 3.8) is 0 Å². The Hall–Kier alpha value is -1.73. The highest BCUT2D eigenvalue weighted by atomic mass is 32.2. The van der Waals surface area contributed by atoms with E-state index in [4.69, 9.17) is 12.2 Å². The summed E-state index contributed by atoms with van der Waals surface area (Å²) in [5.41, 5.74) is 1.87. The van der Waals surface area contributed by atoms with Gasteiger partial charge >= 0.3 is 0 Å². The quantitative estimate of drug-likeness (QED) is 0.676. The molecule has 1 aliphatic rings. The van der Waals surface area contributed by atoms with E-state index >= 15 is 0 Å². The summed E-state index contributed by atoms with van der Waals surface area (Å²) in [7, 11) is 0. The van der Waals surface area contributed by atoms with Gasteiger partial charge in [0.2, 0.25) is 17.7 Å². The summed E-state index contributed by atoms with van der Waals surface area (Å²) >= 11 is 6.26. The molecule has 3 amide bonds. The van der Waals surface area contributed by atoms with Crippen LogP contribution in [0.3, 0.4) is 0 Å². The minimum atomic E-state index is -0.258. The molecule has 2 rings (SSSR count). The van der Waals surface area contributed by atoms with E-state index in [0.29, 0.717) is 5.75 Å². The monoisotopic (exact) mass is 336 g/mol. The predicted octanol–water partition coefficient (Wildman–Crippen LogP) is 2.49. The van der Waals surface area contributed by atoms with E-state index in [9.17, 15) is 14.4 Å².